The third-order valence-electron chi connectivity index (χ3n) is 1.38. The molecule has 0 saturated carbocycles. The van der Waals surface area contributed by atoms with E-state index in [0.717, 1.165) is 5.56 Å². The maximum atomic E-state index is 8.23. The first kappa shape index (κ1) is 8.87. The van der Waals surface area contributed by atoms with Gasteiger partial charge in [0, 0.05) is 0 Å². The molecule has 0 radical (unpaired) electrons. The van der Waals surface area contributed by atoms with Crippen molar-refractivity contribution in [1.82, 2.24) is 0 Å². The summed E-state index contributed by atoms with van der Waals surface area (Å²) in [6.45, 7) is 0. The van der Waals surface area contributed by atoms with E-state index in [1.54, 1.807) is 25.3 Å². The number of oxime groups is 1. The molecule has 0 unspecified atom stereocenters. The third-order valence-corrected chi connectivity index (χ3v) is 1.68. The number of rotatable bonds is 2. The van der Waals surface area contributed by atoms with Crippen LogP contribution in [0.1, 0.15) is 5.56 Å². The number of hydrogen-bond acceptors (Lipinski definition) is 3. The Morgan fingerprint density at radius 2 is 2.33 bits per heavy atom. The lowest BCUT2D eigenvalue weighted by atomic mass is 10.2. The van der Waals surface area contributed by atoms with Crippen LogP contribution in [0.2, 0.25) is 5.02 Å². The second-order valence-corrected chi connectivity index (χ2v) is 2.55. The molecule has 1 rings (SSSR count). The molecule has 0 fully saturated rings. The zero-order valence-corrected chi connectivity index (χ0v) is 7.25. The molecule has 0 aliphatic carbocycles. The molecule has 3 nitrogen and oxygen atoms in total. The quantitative estimate of drug-likeness (QED) is 0.436. The number of nitrogens with zero attached hydrogens (tertiary/aromatic N) is 1. The van der Waals surface area contributed by atoms with Crippen LogP contribution in [0.15, 0.2) is 23.4 Å². The summed E-state index contributed by atoms with van der Waals surface area (Å²) in [5.74, 6) is 0.603. The van der Waals surface area contributed by atoms with Gasteiger partial charge < -0.3 is 9.94 Å². The minimum absolute atomic E-state index is 0.495. The van der Waals surface area contributed by atoms with Gasteiger partial charge in [-0.05, 0) is 23.8 Å². The van der Waals surface area contributed by atoms with E-state index < -0.39 is 0 Å². The monoisotopic (exact) mass is 185 g/mol. The average molecular weight is 186 g/mol. The fraction of sp³-hybridized carbons (Fsp3) is 0.125. The second-order valence-electron chi connectivity index (χ2n) is 2.14. The Morgan fingerprint density at radius 3 is 2.83 bits per heavy atom. The van der Waals surface area contributed by atoms with E-state index in [1.807, 2.05) is 0 Å². The Morgan fingerprint density at radius 1 is 1.58 bits per heavy atom. The predicted octanol–water partition coefficient (Wildman–Crippen LogP) is 2.16. The molecule has 0 amide bonds. The number of hydrogen-bond donors (Lipinski definition) is 1. The Balaban J connectivity index is 3.01. The minimum Gasteiger partial charge on any atom is -0.495 e. The molecular formula is C8H8ClNO2. The van der Waals surface area contributed by atoms with Crippen LogP contribution >= 0.6 is 11.6 Å². The van der Waals surface area contributed by atoms with Gasteiger partial charge in [0.2, 0.25) is 0 Å². The number of ether oxygens (including phenoxy) is 1. The van der Waals surface area contributed by atoms with Gasteiger partial charge in [-0.15, -0.1) is 0 Å². The zero-order chi connectivity index (χ0) is 8.97. The highest BCUT2D eigenvalue weighted by atomic mass is 35.5. The first-order valence-electron chi connectivity index (χ1n) is 3.29. The highest BCUT2D eigenvalue weighted by Gasteiger charge is 1.99. The standard InChI is InChI=1S/C8H8ClNO2/c1-12-8-3-2-6(5-10-11)4-7(8)9/h2-5,11H,1H3/b10-5-. The molecule has 1 N–H and O–H groups in total. The molecule has 12 heavy (non-hydrogen) atoms. The van der Waals surface area contributed by atoms with E-state index in [4.69, 9.17) is 21.5 Å². The fourth-order valence-corrected chi connectivity index (χ4v) is 1.10. The first-order chi connectivity index (χ1) is 5.77. The van der Waals surface area contributed by atoms with Gasteiger partial charge in [-0.3, -0.25) is 0 Å². The van der Waals surface area contributed by atoms with Gasteiger partial charge in [-0.1, -0.05) is 16.8 Å². The van der Waals surface area contributed by atoms with Gasteiger partial charge in [0.25, 0.3) is 0 Å². The summed E-state index contributed by atoms with van der Waals surface area (Å²) in [5.41, 5.74) is 0.725. The van der Waals surface area contributed by atoms with Crippen molar-refractivity contribution in [2.24, 2.45) is 5.16 Å². The molecule has 0 aliphatic rings. The molecule has 0 bridgehead atoms. The van der Waals surface area contributed by atoms with Gasteiger partial charge in [-0.25, -0.2) is 0 Å². The largest absolute Gasteiger partial charge is 0.495 e. The molecule has 0 aromatic heterocycles. The van der Waals surface area contributed by atoms with Crippen molar-refractivity contribution >= 4 is 17.8 Å². The molecule has 0 aliphatic heterocycles. The van der Waals surface area contributed by atoms with Crippen molar-refractivity contribution in [2.75, 3.05) is 7.11 Å². The van der Waals surface area contributed by atoms with E-state index in [9.17, 15) is 0 Å². The maximum Gasteiger partial charge on any atom is 0.137 e. The van der Waals surface area contributed by atoms with Crippen molar-refractivity contribution in [2.45, 2.75) is 0 Å². The van der Waals surface area contributed by atoms with Crippen LogP contribution < -0.4 is 4.74 Å². The molecule has 0 heterocycles. The van der Waals surface area contributed by atoms with E-state index in [-0.39, 0.29) is 0 Å². The highest BCUT2D eigenvalue weighted by Crippen LogP contribution is 2.24. The minimum atomic E-state index is 0.495. The lowest BCUT2D eigenvalue weighted by Crippen LogP contribution is -1.86. The second kappa shape index (κ2) is 3.97. The van der Waals surface area contributed by atoms with Crippen molar-refractivity contribution in [3.8, 4) is 5.75 Å². The summed E-state index contributed by atoms with van der Waals surface area (Å²) in [6.07, 6.45) is 1.30. The van der Waals surface area contributed by atoms with E-state index in [1.165, 1.54) is 6.21 Å². The Labute approximate surface area is 75.2 Å². The number of benzene rings is 1. The molecule has 0 saturated heterocycles. The van der Waals surface area contributed by atoms with Crippen LogP contribution in [-0.4, -0.2) is 18.5 Å². The lowest BCUT2D eigenvalue weighted by Gasteiger charge is -2.01. The average Bonchev–Trinajstić information content (AvgIpc) is 2.05. The summed E-state index contributed by atoms with van der Waals surface area (Å²) in [7, 11) is 1.54. The Kier molecular flexibility index (Phi) is 2.94. The molecule has 64 valence electrons. The summed E-state index contributed by atoms with van der Waals surface area (Å²) in [5, 5.41) is 11.6. The van der Waals surface area contributed by atoms with Crippen molar-refractivity contribution in [3.63, 3.8) is 0 Å². The molecule has 4 heteroatoms. The summed E-state index contributed by atoms with van der Waals surface area (Å²) >= 11 is 5.80. The summed E-state index contributed by atoms with van der Waals surface area (Å²) in [4.78, 5) is 0. The van der Waals surface area contributed by atoms with Crippen LogP contribution in [0.5, 0.6) is 5.75 Å². The van der Waals surface area contributed by atoms with Crippen molar-refractivity contribution in [3.05, 3.63) is 28.8 Å². The zero-order valence-electron chi connectivity index (χ0n) is 6.49. The molecule has 0 spiro atoms. The van der Waals surface area contributed by atoms with Crippen molar-refractivity contribution < 1.29 is 9.94 Å². The maximum absolute atomic E-state index is 8.23. The Bertz CT molecular complexity index is 299. The lowest BCUT2D eigenvalue weighted by molar-refractivity contribution is 0.322. The highest BCUT2D eigenvalue weighted by molar-refractivity contribution is 6.32. The Hall–Kier alpha value is -1.22. The van der Waals surface area contributed by atoms with Crippen LogP contribution in [0.4, 0.5) is 0 Å². The van der Waals surface area contributed by atoms with Crippen molar-refractivity contribution in [1.29, 1.82) is 0 Å². The molecule has 1 aromatic rings. The van der Waals surface area contributed by atoms with Crippen LogP contribution in [0.3, 0.4) is 0 Å². The van der Waals surface area contributed by atoms with Crippen LogP contribution in [0.25, 0.3) is 0 Å². The SMILES string of the molecule is COc1ccc(/C=N\O)cc1Cl. The number of methoxy groups -OCH3 is 1. The molecular weight excluding hydrogens is 178 g/mol. The van der Waals surface area contributed by atoms with Gasteiger partial charge >= 0.3 is 0 Å². The van der Waals surface area contributed by atoms with E-state index in [0.29, 0.717) is 10.8 Å². The summed E-state index contributed by atoms with van der Waals surface area (Å²) < 4.78 is 4.94. The van der Waals surface area contributed by atoms with E-state index >= 15 is 0 Å². The summed E-state index contributed by atoms with van der Waals surface area (Å²) in [6, 6.07) is 5.10. The topological polar surface area (TPSA) is 41.8 Å². The first-order valence-corrected chi connectivity index (χ1v) is 3.66. The van der Waals surface area contributed by atoms with Gasteiger partial charge in [0.1, 0.15) is 5.75 Å². The van der Waals surface area contributed by atoms with E-state index in [2.05, 4.69) is 5.16 Å². The molecule has 0 atom stereocenters. The molecule has 1 aromatic carbocycles. The predicted molar refractivity (Wildman–Crippen MR) is 47.4 cm³/mol. The normalized spacial score (nSPS) is 10.5. The third kappa shape index (κ3) is 1.89. The van der Waals surface area contributed by atoms with Gasteiger partial charge in [0.05, 0.1) is 18.3 Å². The smallest absolute Gasteiger partial charge is 0.137 e. The number of halogens is 1. The van der Waals surface area contributed by atoms with Crippen LogP contribution in [0, 0.1) is 0 Å². The fourth-order valence-electron chi connectivity index (χ4n) is 0.830. The van der Waals surface area contributed by atoms with Crippen LogP contribution in [-0.2, 0) is 0 Å². The van der Waals surface area contributed by atoms with Gasteiger partial charge in [0.15, 0.2) is 0 Å². The van der Waals surface area contributed by atoms with Gasteiger partial charge in [-0.2, -0.15) is 0 Å².